The number of ether oxygens (including phenoxy) is 1. The fraction of sp³-hybridized carbons (Fsp3) is 1.00. The van der Waals surface area contributed by atoms with Gasteiger partial charge in [-0.2, -0.15) is 0 Å². The van der Waals surface area contributed by atoms with Gasteiger partial charge in [0.15, 0.2) is 0 Å². The zero-order chi connectivity index (χ0) is 8.27. The maximum atomic E-state index is 9.94. The second-order valence-electron chi connectivity index (χ2n) is 2.71. The van der Waals surface area contributed by atoms with Crippen LogP contribution in [0.5, 0.6) is 0 Å². The molecule has 64 valence electrons. The van der Waals surface area contributed by atoms with Crippen LogP contribution in [0.25, 0.3) is 0 Å². The Morgan fingerprint density at radius 2 is 2.45 bits per heavy atom. The summed E-state index contributed by atoms with van der Waals surface area (Å²) in [5.74, 6) is 0.217. The van der Waals surface area contributed by atoms with Gasteiger partial charge in [0.05, 0.1) is 6.61 Å². The Balaban J connectivity index is 2.35. The molecule has 0 aromatic carbocycles. The molecule has 2 atom stereocenters. The minimum absolute atomic E-state index is 0.217. The van der Waals surface area contributed by atoms with Crippen molar-refractivity contribution in [2.75, 3.05) is 13.2 Å². The van der Waals surface area contributed by atoms with Gasteiger partial charge in [-0.1, -0.05) is 6.92 Å². The molecule has 1 aliphatic heterocycles. The van der Waals surface area contributed by atoms with E-state index in [9.17, 15) is 10.1 Å². The molecule has 1 aliphatic rings. The summed E-state index contributed by atoms with van der Waals surface area (Å²) in [6, 6.07) is 0. The smallest absolute Gasteiger partial charge is 0.294 e. The van der Waals surface area contributed by atoms with Crippen molar-refractivity contribution in [3.05, 3.63) is 10.1 Å². The van der Waals surface area contributed by atoms with Crippen LogP contribution >= 0.6 is 0 Å². The summed E-state index contributed by atoms with van der Waals surface area (Å²) in [4.78, 5) is 14.3. The van der Waals surface area contributed by atoms with Crippen LogP contribution < -0.4 is 0 Å². The normalized spacial score (nSPS) is 31.4. The van der Waals surface area contributed by atoms with Crippen LogP contribution in [0, 0.1) is 16.0 Å². The molecule has 0 radical (unpaired) electrons. The van der Waals surface area contributed by atoms with Crippen molar-refractivity contribution >= 4 is 0 Å². The van der Waals surface area contributed by atoms with Gasteiger partial charge in [0, 0.05) is 6.61 Å². The first kappa shape index (κ1) is 8.26. The Hall–Kier alpha value is -0.840. The molecular formula is C6H11NO4. The zero-order valence-electron chi connectivity index (χ0n) is 6.36. The van der Waals surface area contributed by atoms with E-state index in [1.165, 1.54) is 0 Å². The topological polar surface area (TPSA) is 61.6 Å². The van der Waals surface area contributed by atoms with E-state index in [1.54, 1.807) is 0 Å². The van der Waals surface area contributed by atoms with Crippen LogP contribution in [-0.2, 0) is 9.57 Å². The Kier molecular flexibility index (Phi) is 2.64. The molecule has 0 amide bonds. The van der Waals surface area contributed by atoms with E-state index in [1.807, 2.05) is 6.92 Å². The summed E-state index contributed by atoms with van der Waals surface area (Å²) in [5, 5.41) is 9.19. The monoisotopic (exact) mass is 161 g/mol. The van der Waals surface area contributed by atoms with Crippen LogP contribution in [0.15, 0.2) is 0 Å². The third kappa shape index (κ3) is 2.34. The van der Waals surface area contributed by atoms with Gasteiger partial charge in [-0.05, 0) is 12.3 Å². The number of rotatable bonds is 2. The molecule has 0 aliphatic carbocycles. The first-order valence-electron chi connectivity index (χ1n) is 3.59. The largest absolute Gasteiger partial charge is 0.379 e. The zero-order valence-corrected chi connectivity index (χ0v) is 6.36. The Morgan fingerprint density at radius 1 is 1.73 bits per heavy atom. The molecule has 1 fully saturated rings. The molecule has 1 rings (SSSR count). The highest BCUT2D eigenvalue weighted by molar-refractivity contribution is 4.68. The fourth-order valence-electron chi connectivity index (χ4n) is 1.06. The molecule has 0 aromatic heterocycles. The molecule has 0 saturated carbocycles. The van der Waals surface area contributed by atoms with Crippen LogP contribution in [0.4, 0.5) is 0 Å². The van der Waals surface area contributed by atoms with Crippen molar-refractivity contribution in [3.8, 4) is 0 Å². The molecular weight excluding hydrogens is 150 g/mol. The molecule has 5 nitrogen and oxygen atoms in total. The highest BCUT2D eigenvalue weighted by atomic mass is 17.0. The van der Waals surface area contributed by atoms with Gasteiger partial charge in [-0.3, -0.25) is 0 Å². The molecule has 0 spiro atoms. The first-order valence-corrected chi connectivity index (χ1v) is 3.59. The summed E-state index contributed by atoms with van der Waals surface area (Å²) in [7, 11) is 0. The van der Waals surface area contributed by atoms with Gasteiger partial charge < -0.3 is 9.57 Å². The van der Waals surface area contributed by atoms with E-state index >= 15 is 0 Å². The molecule has 0 N–H and O–H groups in total. The second kappa shape index (κ2) is 3.52. The maximum absolute atomic E-state index is 9.94. The van der Waals surface area contributed by atoms with E-state index in [0.717, 1.165) is 6.42 Å². The van der Waals surface area contributed by atoms with E-state index < -0.39 is 5.09 Å². The lowest BCUT2D eigenvalue weighted by Crippen LogP contribution is -2.34. The van der Waals surface area contributed by atoms with Crippen molar-refractivity contribution < 1.29 is 14.7 Å². The van der Waals surface area contributed by atoms with Gasteiger partial charge >= 0.3 is 0 Å². The summed E-state index contributed by atoms with van der Waals surface area (Å²) in [6.07, 6.45) is 0.456. The fourth-order valence-corrected chi connectivity index (χ4v) is 1.06. The predicted octanol–water partition coefficient (Wildman–Crippen LogP) is 0.620. The molecule has 1 saturated heterocycles. The van der Waals surface area contributed by atoms with E-state index in [0.29, 0.717) is 13.2 Å². The van der Waals surface area contributed by atoms with Crippen molar-refractivity contribution in [3.63, 3.8) is 0 Å². The quantitative estimate of drug-likeness (QED) is 0.440. The Morgan fingerprint density at radius 3 is 3.00 bits per heavy atom. The van der Waals surface area contributed by atoms with Gasteiger partial charge in [-0.25, -0.2) is 0 Å². The van der Waals surface area contributed by atoms with Crippen molar-refractivity contribution in [1.82, 2.24) is 0 Å². The van der Waals surface area contributed by atoms with Crippen molar-refractivity contribution in [1.29, 1.82) is 0 Å². The average Bonchev–Trinajstić information content (AvgIpc) is 1.93. The summed E-state index contributed by atoms with van der Waals surface area (Å²) in [6.45, 7) is 2.94. The average molecular weight is 161 g/mol. The van der Waals surface area contributed by atoms with E-state index in [2.05, 4.69) is 4.84 Å². The molecule has 0 aromatic rings. The maximum Gasteiger partial charge on any atom is 0.294 e. The van der Waals surface area contributed by atoms with Crippen LogP contribution in [-0.4, -0.2) is 24.4 Å². The minimum Gasteiger partial charge on any atom is -0.379 e. The van der Waals surface area contributed by atoms with Crippen molar-refractivity contribution in [2.45, 2.75) is 19.4 Å². The van der Waals surface area contributed by atoms with Gasteiger partial charge in [0.2, 0.25) is 0 Å². The predicted molar refractivity (Wildman–Crippen MR) is 36.5 cm³/mol. The second-order valence-corrected chi connectivity index (χ2v) is 2.71. The third-order valence-corrected chi connectivity index (χ3v) is 1.86. The lowest BCUT2D eigenvalue weighted by molar-refractivity contribution is -0.771. The van der Waals surface area contributed by atoms with E-state index in [-0.39, 0.29) is 12.0 Å². The van der Waals surface area contributed by atoms with Gasteiger partial charge in [0.25, 0.3) is 5.09 Å². The molecule has 2 unspecified atom stereocenters. The van der Waals surface area contributed by atoms with Crippen LogP contribution in [0.2, 0.25) is 0 Å². The molecule has 5 heteroatoms. The lowest BCUT2D eigenvalue weighted by atomic mass is 10.0. The molecule has 0 bridgehead atoms. The van der Waals surface area contributed by atoms with Crippen molar-refractivity contribution in [2.24, 2.45) is 5.92 Å². The Bertz CT molecular complexity index is 150. The number of hydrogen-bond donors (Lipinski definition) is 0. The highest BCUT2D eigenvalue weighted by Crippen LogP contribution is 2.17. The third-order valence-electron chi connectivity index (χ3n) is 1.86. The SMILES string of the molecule is CC1CCOCC1O[N+](=O)[O-]. The summed E-state index contributed by atoms with van der Waals surface area (Å²) >= 11 is 0. The van der Waals surface area contributed by atoms with Gasteiger partial charge in [0.1, 0.15) is 6.10 Å². The van der Waals surface area contributed by atoms with Crippen LogP contribution in [0.1, 0.15) is 13.3 Å². The lowest BCUT2D eigenvalue weighted by Gasteiger charge is -2.26. The Labute approximate surface area is 64.4 Å². The number of nitrogens with zero attached hydrogens (tertiary/aromatic N) is 1. The standard InChI is InChI=1S/C6H11NO4/c1-5-2-3-10-4-6(5)11-7(8)9/h5-6H,2-4H2,1H3. The summed E-state index contributed by atoms with van der Waals surface area (Å²) in [5.41, 5.74) is 0. The van der Waals surface area contributed by atoms with E-state index in [4.69, 9.17) is 4.74 Å². The van der Waals surface area contributed by atoms with Crippen LogP contribution in [0.3, 0.4) is 0 Å². The number of hydrogen-bond acceptors (Lipinski definition) is 4. The molecule has 1 heterocycles. The van der Waals surface area contributed by atoms with Gasteiger partial charge in [-0.15, -0.1) is 10.1 Å². The first-order chi connectivity index (χ1) is 5.20. The summed E-state index contributed by atoms with van der Waals surface area (Å²) < 4.78 is 5.02. The minimum atomic E-state index is -0.754. The highest BCUT2D eigenvalue weighted by Gasteiger charge is 2.24. The molecule has 11 heavy (non-hydrogen) atoms.